The molecule has 2 aromatic rings. The number of nitrogens with two attached hydrogens (primary N) is 1. The van der Waals surface area contributed by atoms with Crippen molar-refractivity contribution in [3.63, 3.8) is 0 Å². The van der Waals surface area contributed by atoms with Gasteiger partial charge in [-0.3, -0.25) is 8.98 Å². The summed E-state index contributed by atoms with van der Waals surface area (Å²) in [7, 11) is -8.87. The van der Waals surface area contributed by atoms with E-state index in [1.807, 2.05) is 0 Å². The molecule has 0 aliphatic heterocycles. The van der Waals surface area contributed by atoms with Gasteiger partial charge in [-0.25, -0.2) is 16.8 Å². The quantitative estimate of drug-likeness (QED) is 0.220. The van der Waals surface area contributed by atoms with Gasteiger partial charge in [-0.05, 0) is 42.5 Å². The molecule has 27 heavy (non-hydrogen) atoms. The number of nitrogens with one attached hydrogen (secondary N) is 1. The third kappa shape index (κ3) is 7.58. The molecule has 0 aliphatic carbocycles. The van der Waals surface area contributed by atoms with Crippen LogP contribution in [0.2, 0.25) is 0 Å². The number of hydrogen-bond acceptors (Lipinski definition) is 8. The molecule has 0 saturated carbocycles. The molecule has 1 amide bonds. The zero-order valence-corrected chi connectivity index (χ0v) is 17.9. The van der Waals surface area contributed by atoms with Crippen LogP contribution in [-0.4, -0.2) is 39.7 Å². The number of nitrogen functional groups attached to an aromatic ring is 1. The second kappa shape index (κ2) is 9.64. The SMILES string of the molecule is Nc1ccc(C(=O)Nc2cccc(S(=O)(=O)CCOS(=O)(=O)[O-])c2)cc1.[Na+]. The number of amides is 1. The first kappa shape index (κ1) is 23.6. The van der Waals surface area contributed by atoms with Crippen molar-refractivity contribution in [1.82, 2.24) is 0 Å². The Labute approximate surface area is 179 Å². The van der Waals surface area contributed by atoms with E-state index in [0.29, 0.717) is 11.3 Å². The summed E-state index contributed by atoms with van der Waals surface area (Å²) in [6.45, 7) is -0.795. The predicted molar refractivity (Wildman–Crippen MR) is 93.0 cm³/mol. The van der Waals surface area contributed by atoms with Crippen LogP contribution in [0.3, 0.4) is 0 Å². The van der Waals surface area contributed by atoms with Gasteiger partial charge >= 0.3 is 29.6 Å². The van der Waals surface area contributed by atoms with Crippen molar-refractivity contribution in [3.8, 4) is 0 Å². The van der Waals surface area contributed by atoms with Crippen LogP contribution in [0.1, 0.15) is 10.4 Å². The van der Waals surface area contributed by atoms with Crippen molar-refractivity contribution < 1.29 is 59.9 Å². The van der Waals surface area contributed by atoms with Gasteiger partial charge in [-0.15, -0.1) is 0 Å². The van der Waals surface area contributed by atoms with Gasteiger partial charge in [0.15, 0.2) is 9.84 Å². The van der Waals surface area contributed by atoms with Crippen LogP contribution in [0.5, 0.6) is 0 Å². The summed E-state index contributed by atoms with van der Waals surface area (Å²) in [6.07, 6.45) is 0. The molecule has 0 bridgehead atoms. The van der Waals surface area contributed by atoms with Crippen molar-refractivity contribution in [1.29, 1.82) is 0 Å². The van der Waals surface area contributed by atoms with Crippen molar-refractivity contribution >= 4 is 37.5 Å². The summed E-state index contributed by atoms with van der Waals surface area (Å²) in [5.41, 5.74) is 6.61. The number of benzene rings is 2. The second-order valence-electron chi connectivity index (χ2n) is 5.15. The van der Waals surface area contributed by atoms with Crippen LogP contribution in [0.15, 0.2) is 53.4 Å². The largest absolute Gasteiger partial charge is 1.00 e. The number of carbonyl (C=O) groups is 1. The van der Waals surface area contributed by atoms with E-state index in [0.717, 1.165) is 0 Å². The van der Waals surface area contributed by atoms with Gasteiger partial charge < -0.3 is 15.6 Å². The van der Waals surface area contributed by atoms with Gasteiger partial charge in [0, 0.05) is 16.9 Å². The Balaban J connectivity index is 0.00000364. The van der Waals surface area contributed by atoms with E-state index in [2.05, 4.69) is 9.50 Å². The normalized spacial score (nSPS) is 11.4. The van der Waals surface area contributed by atoms with Gasteiger partial charge in [-0.2, -0.15) is 0 Å². The number of hydrogen-bond donors (Lipinski definition) is 2. The van der Waals surface area contributed by atoms with Crippen LogP contribution in [0.25, 0.3) is 0 Å². The Kier molecular flexibility index (Phi) is 8.42. The summed E-state index contributed by atoms with van der Waals surface area (Å²) in [6, 6.07) is 11.6. The van der Waals surface area contributed by atoms with Gasteiger partial charge in [-0.1, -0.05) is 6.07 Å². The Morgan fingerprint density at radius 1 is 1.07 bits per heavy atom. The van der Waals surface area contributed by atoms with Crippen LogP contribution < -0.4 is 40.6 Å². The summed E-state index contributed by atoms with van der Waals surface area (Å²) < 4.78 is 59.3. The van der Waals surface area contributed by atoms with Crippen LogP contribution in [-0.2, 0) is 24.4 Å². The summed E-state index contributed by atoms with van der Waals surface area (Å²) in [5, 5.41) is 2.55. The van der Waals surface area contributed by atoms with Crippen molar-refractivity contribution in [2.75, 3.05) is 23.4 Å². The number of anilines is 2. The van der Waals surface area contributed by atoms with E-state index in [4.69, 9.17) is 5.73 Å². The fourth-order valence-electron chi connectivity index (χ4n) is 1.97. The minimum absolute atomic E-state index is 0. The summed E-state index contributed by atoms with van der Waals surface area (Å²) in [4.78, 5) is 12.0. The first-order valence-electron chi connectivity index (χ1n) is 7.17. The monoisotopic (exact) mass is 422 g/mol. The fraction of sp³-hybridized carbons (Fsp3) is 0.133. The molecular weight excluding hydrogens is 407 g/mol. The minimum atomic E-state index is -4.97. The molecule has 12 heteroatoms. The summed E-state index contributed by atoms with van der Waals surface area (Å²) >= 11 is 0. The van der Waals surface area contributed by atoms with Crippen LogP contribution in [0.4, 0.5) is 11.4 Å². The molecule has 0 spiro atoms. The topological polar surface area (TPSA) is 156 Å². The maximum atomic E-state index is 12.2. The van der Waals surface area contributed by atoms with Crippen molar-refractivity contribution in [3.05, 3.63) is 54.1 Å². The van der Waals surface area contributed by atoms with Gasteiger partial charge in [0.2, 0.25) is 10.4 Å². The molecular formula is C15H15N2NaO7S2. The molecule has 2 aromatic carbocycles. The fourth-order valence-corrected chi connectivity index (χ4v) is 3.49. The smallest absolute Gasteiger partial charge is 0.726 e. The van der Waals surface area contributed by atoms with Crippen molar-refractivity contribution in [2.45, 2.75) is 4.90 Å². The molecule has 0 aliphatic rings. The van der Waals surface area contributed by atoms with E-state index in [1.54, 1.807) is 12.1 Å². The maximum Gasteiger partial charge on any atom is 1.00 e. The molecule has 0 saturated heterocycles. The van der Waals surface area contributed by atoms with Gasteiger partial charge in [0.1, 0.15) is 0 Å². The zero-order valence-electron chi connectivity index (χ0n) is 14.3. The molecule has 0 atom stereocenters. The van der Waals surface area contributed by atoms with Crippen LogP contribution in [0, 0.1) is 0 Å². The van der Waals surface area contributed by atoms with E-state index in [9.17, 15) is 26.2 Å². The Morgan fingerprint density at radius 2 is 1.70 bits per heavy atom. The Hall–Kier alpha value is -1.47. The number of rotatable bonds is 7. The molecule has 140 valence electrons. The average molecular weight is 422 g/mol. The summed E-state index contributed by atoms with van der Waals surface area (Å²) in [5.74, 6) is -1.16. The van der Waals surface area contributed by atoms with Gasteiger partial charge in [0.05, 0.1) is 17.3 Å². The Morgan fingerprint density at radius 3 is 2.30 bits per heavy atom. The van der Waals surface area contributed by atoms with E-state index in [-0.39, 0.29) is 40.1 Å². The average Bonchev–Trinajstić information content (AvgIpc) is 2.54. The van der Waals surface area contributed by atoms with E-state index < -0.39 is 38.5 Å². The maximum absolute atomic E-state index is 12.2. The molecule has 0 unspecified atom stereocenters. The predicted octanol–water partition coefficient (Wildman–Crippen LogP) is -2.22. The second-order valence-corrected chi connectivity index (χ2v) is 8.31. The molecule has 0 heterocycles. The first-order valence-corrected chi connectivity index (χ1v) is 10.2. The molecule has 2 rings (SSSR count). The molecule has 3 N–H and O–H groups in total. The zero-order chi connectivity index (χ0) is 19.4. The van der Waals surface area contributed by atoms with Gasteiger partial charge in [0.25, 0.3) is 5.91 Å². The Bertz CT molecular complexity index is 1010. The minimum Gasteiger partial charge on any atom is -0.726 e. The number of sulfone groups is 1. The number of carbonyl (C=O) groups excluding carboxylic acids is 1. The van der Waals surface area contributed by atoms with Crippen LogP contribution >= 0.6 is 0 Å². The molecule has 0 aromatic heterocycles. The van der Waals surface area contributed by atoms with E-state index >= 15 is 0 Å². The van der Waals surface area contributed by atoms with E-state index in [1.165, 1.54) is 36.4 Å². The molecule has 9 nitrogen and oxygen atoms in total. The third-order valence-corrected chi connectivity index (χ3v) is 5.34. The molecule has 0 fully saturated rings. The molecule has 0 radical (unpaired) electrons. The van der Waals surface area contributed by atoms with Crippen molar-refractivity contribution in [2.24, 2.45) is 0 Å². The standard InChI is InChI=1S/C15H16N2O7S2.Na/c16-12-6-4-11(5-7-12)15(18)17-13-2-1-3-14(10-13)25(19,20)9-8-24-26(21,22)23;/h1-7,10H,8-9,16H2,(H,17,18)(H,21,22,23);/q;+1/p-1. The first-order chi connectivity index (χ1) is 12.1. The third-order valence-electron chi connectivity index (χ3n) is 3.20.